The van der Waals surface area contributed by atoms with E-state index >= 15 is 0 Å². The van der Waals surface area contributed by atoms with Crippen LogP contribution in [0.4, 0.5) is 0 Å². The molecule has 1 aromatic carbocycles. The van der Waals surface area contributed by atoms with Crippen molar-refractivity contribution in [1.29, 1.82) is 0 Å². The number of rotatable bonds is 5. The van der Waals surface area contributed by atoms with Crippen molar-refractivity contribution in [2.45, 2.75) is 84.6 Å². The van der Waals surface area contributed by atoms with Gasteiger partial charge in [0, 0.05) is 40.6 Å². The Balaban J connectivity index is 1.70. The predicted octanol–water partition coefficient (Wildman–Crippen LogP) is 5.87. The van der Waals surface area contributed by atoms with E-state index in [0.29, 0.717) is 12.6 Å². The number of nitrogens with one attached hydrogen (secondary N) is 1. The molecule has 0 bridgehead atoms. The van der Waals surface area contributed by atoms with Crippen LogP contribution in [0.25, 0.3) is 16.5 Å². The van der Waals surface area contributed by atoms with Crippen LogP contribution in [0.1, 0.15) is 81.2 Å². The molecule has 29 heavy (non-hydrogen) atoms. The summed E-state index contributed by atoms with van der Waals surface area (Å²) >= 11 is 0. The number of fused-ring (bicyclic) bond motifs is 3. The Morgan fingerprint density at radius 3 is 2.72 bits per heavy atom. The van der Waals surface area contributed by atoms with Crippen molar-refractivity contribution < 1.29 is 13.9 Å². The second kappa shape index (κ2) is 8.64. The molecule has 4 nitrogen and oxygen atoms in total. The van der Waals surface area contributed by atoms with Gasteiger partial charge in [-0.3, -0.25) is 4.79 Å². The monoisotopic (exact) mass is 395 g/mol. The third kappa shape index (κ3) is 4.08. The molecule has 1 aromatic heterocycles. The van der Waals surface area contributed by atoms with Gasteiger partial charge >= 0.3 is 0 Å². The molecule has 1 heterocycles. The SMILES string of the molecule is CCOc1c(/C(C)=C/C(=O)NC2CCCCC2)cc2c3c(oc2c1C)CCCC3. The van der Waals surface area contributed by atoms with Gasteiger partial charge in [-0.1, -0.05) is 19.3 Å². The highest BCUT2D eigenvalue weighted by Gasteiger charge is 2.23. The number of aryl methyl sites for hydroxylation is 3. The van der Waals surface area contributed by atoms with E-state index in [9.17, 15) is 4.79 Å². The summed E-state index contributed by atoms with van der Waals surface area (Å²) in [5, 5.41) is 4.38. The second-order valence-electron chi connectivity index (χ2n) is 8.57. The molecule has 1 N–H and O–H groups in total. The van der Waals surface area contributed by atoms with E-state index in [1.807, 2.05) is 13.8 Å². The molecule has 0 aliphatic heterocycles. The van der Waals surface area contributed by atoms with Gasteiger partial charge in [-0.05, 0) is 64.5 Å². The van der Waals surface area contributed by atoms with Gasteiger partial charge < -0.3 is 14.5 Å². The fraction of sp³-hybridized carbons (Fsp3) is 0.560. The van der Waals surface area contributed by atoms with Crippen LogP contribution in [-0.4, -0.2) is 18.6 Å². The van der Waals surface area contributed by atoms with E-state index < -0.39 is 0 Å². The third-order valence-corrected chi connectivity index (χ3v) is 6.44. The first-order valence-electron chi connectivity index (χ1n) is 11.3. The third-order valence-electron chi connectivity index (χ3n) is 6.44. The first kappa shape index (κ1) is 20.1. The number of hydrogen-bond acceptors (Lipinski definition) is 3. The van der Waals surface area contributed by atoms with Gasteiger partial charge in [0.15, 0.2) is 0 Å². The molecule has 1 saturated carbocycles. The fourth-order valence-electron chi connectivity index (χ4n) is 4.92. The maximum atomic E-state index is 12.6. The minimum absolute atomic E-state index is 0.00354. The van der Waals surface area contributed by atoms with Crippen molar-refractivity contribution >= 4 is 22.4 Å². The molecule has 0 spiro atoms. The van der Waals surface area contributed by atoms with Crippen LogP contribution in [-0.2, 0) is 17.6 Å². The predicted molar refractivity (Wildman–Crippen MR) is 117 cm³/mol. The zero-order valence-corrected chi connectivity index (χ0v) is 18.0. The number of ether oxygens (including phenoxy) is 1. The van der Waals surface area contributed by atoms with Crippen LogP contribution in [0.3, 0.4) is 0 Å². The van der Waals surface area contributed by atoms with Crippen molar-refractivity contribution in [3.8, 4) is 5.75 Å². The minimum Gasteiger partial charge on any atom is -0.493 e. The number of carbonyl (C=O) groups excluding carboxylic acids is 1. The molecule has 0 radical (unpaired) electrons. The van der Waals surface area contributed by atoms with Gasteiger partial charge in [-0.15, -0.1) is 0 Å². The number of carbonyl (C=O) groups is 1. The zero-order valence-electron chi connectivity index (χ0n) is 18.0. The Bertz CT molecular complexity index is 931. The molecular formula is C25H33NO3. The first-order chi connectivity index (χ1) is 14.1. The number of benzene rings is 1. The van der Waals surface area contributed by atoms with Crippen LogP contribution in [0.2, 0.25) is 0 Å². The van der Waals surface area contributed by atoms with Gasteiger partial charge in [-0.2, -0.15) is 0 Å². The van der Waals surface area contributed by atoms with Crippen LogP contribution in [0.5, 0.6) is 5.75 Å². The van der Waals surface area contributed by atoms with Crippen LogP contribution >= 0.6 is 0 Å². The topological polar surface area (TPSA) is 51.5 Å². The number of hydrogen-bond donors (Lipinski definition) is 1. The number of allylic oxidation sites excluding steroid dienone is 1. The quantitative estimate of drug-likeness (QED) is 0.644. The molecule has 156 valence electrons. The molecule has 2 aromatic rings. The second-order valence-corrected chi connectivity index (χ2v) is 8.57. The van der Waals surface area contributed by atoms with Gasteiger partial charge in [0.05, 0.1) is 6.61 Å². The molecule has 0 saturated heterocycles. The Morgan fingerprint density at radius 2 is 1.97 bits per heavy atom. The Morgan fingerprint density at radius 1 is 1.21 bits per heavy atom. The van der Waals surface area contributed by atoms with E-state index in [1.165, 1.54) is 43.1 Å². The maximum Gasteiger partial charge on any atom is 0.244 e. The summed E-state index contributed by atoms with van der Waals surface area (Å²) in [4.78, 5) is 12.6. The van der Waals surface area contributed by atoms with Crippen LogP contribution < -0.4 is 10.1 Å². The van der Waals surface area contributed by atoms with Crippen molar-refractivity contribution in [3.63, 3.8) is 0 Å². The highest BCUT2D eigenvalue weighted by atomic mass is 16.5. The molecule has 0 unspecified atom stereocenters. The van der Waals surface area contributed by atoms with Crippen LogP contribution in [0, 0.1) is 6.92 Å². The summed E-state index contributed by atoms with van der Waals surface area (Å²) < 4.78 is 12.3. The minimum atomic E-state index is 0.00354. The lowest BCUT2D eigenvalue weighted by Crippen LogP contribution is -2.35. The van der Waals surface area contributed by atoms with Crippen molar-refractivity contribution in [2.75, 3.05) is 6.61 Å². The molecule has 2 aliphatic carbocycles. The largest absolute Gasteiger partial charge is 0.493 e. The summed E-state index contributed by atoms with van der Waals surface area (Å²) in [7, 11) is 0. The molecule has 4 rings (SSSR count). The fourth-order valence-corrected chi connectivity index (χ4v) is 4.92. The number of furan rings is 1. The molecular weight excluding hydrogens is 362 g/mol. The molecule has 0 atom stereocenters. The van der Waals surface area contributed by atoms with E-state index in [2.05, 4.69) is 18.3 Å². The van der Waals surface area contributed by atoms with Crippen molar-refractivity contribution in [1.82, 2.24) is 5.32 Å². The van der Waals surface area contributed by atoms with Gasteiger partial charge in [0.2, 0.25) is 5.91 Å². The number of amides is 1. The maximum absolute atomic E-state index is 12.6. The molecule has 2 aliphatic rings. The normalized spacial score (nSPS) is 18.0. The average Bonchev–Trinajstić information content (AvgIpc) is 3.09. The molecule has 4 heteroatoms. The Labute approximate surface area is 173 Å². The van der Waals surface area contributed by atoms with E-state index in [-0.39, 0.29) is 5.91 Å². The van der Waals surface area contributed by atoms with Crippen LogP contribution in [0.15, 0.2) is 16.6 Å². The summed E-state index contributed by atoms with van der Waals surface area (Å²) in [5.41, 5.74) is 5.28. The smallest absolute Gasteiger partial charge is 0.244 e. The molecule has 1 amide bonds. The van der Waals surface area contributed by atoms with Gasteiger partial charge in [0.1, 0.15) is 17.1 Å². The lowest BCUT2D eigenvalue weighted by atomic mass is 9.92. The van der Waals surface area contributed by atoms with E-state index in [4.69, 9.17) is 9.15 Å². The van der Waals surface area contributed by atoms with E-state index in [1.54, 1.807) is 6.08 Å². The highest BCUT2D eigenvalue weighted by Crippen LogP contribution is 2.41. The van der Waals surface area contributed by atoms with Crippen molar-refractivity contribution in [2.24, 2.45) is 0 Å². The molecule has 1 fully saturated rings. The summed E-state index contributed by atoms with van der Waals surface area (Å²) in [5.74, 6) is 1.97. The lowest BCUT2D eigenvalue weighted by molar-refractivity contribution is -0.117. The zero-order chi connectivity index (χ0) is 20.4. The summed E-state index contributed by atoms with van der Waals surface area (Å²) in [6.45, 7) is 6.66. The summed E-state index contributed by atoms with van der Waals surface area (Å²) in [6.07, 6.45) is 12.1. The first-order valence-corrected chi connectivity index (χ1v) is 11.3. The standard InChI is InChI=1S/C25H33NO3/c1-4-28-24-17(3)25-21(19-12-8-9-13-22(19)29-25)15-20(24)16(2)14-23(27)26-18-10-6-5-7-11-18/h14-15,18H,4-13H2,1-3H3,(H,26,27)/b16-14+. The Hall–Kier alpha value is -2.23. The van der Waals surface area contributed by atoms with Gasteiger partial charge in [0.25, 0.3) is 0 Å². The lowest BCUT2D eigenvalue weighted by Gasteiger charge is -2.22. The summed E-state index contributed by atoms with van der Waals surface area (Å²) in [6, 6.07) is 2.50. The highest BCUT2D eigenvalue weighted by molar-refractivity contribution is 5.98. The van der Waals surface area contributed by atoms with Crippen molar-refractivity contribution in [3.05, 3.63) is 34.6 Å². The Kier molecular flexibility index (Phi) is 5.98. The average molecular weight is 396 g/mol. The van der Waals surface area contributed by atoms with E-state index in [0.717, 1.165) is 59.5 Å². The van der Waals surface area contributed by atoms with Gasteiger partial charge in [-0.25, -0.2) is 0 Å².